The second-order valence-corrected chi connectivity index (χ2v) is 4.96. The molecule has 19 heavy (non-hydrogen) atoms. The van der Waals surface area contributed by atoms with Gasteiger partial charge >= 0.3 is 5.69 Å². The van der Waals surface area contributed by atoms with Crippen molar-refractivity contribution in [1.82, 2.24) is 10.3 Å². The summed E-state index contributed by atoms with van der Waals surface area (Å²) >= 11 is 5.71. The fraction of sp³-hybridized carbons (Fsp3) is 0.455. The molecule has 0 atom stereocenters. The predicted octanol–water partition coefficient (Wildman–Crippen LogP) is 1.83. The quantitative estimate of drug-likeness (QED) is 0.489. The Morgan fingerprint density at radius 3 is 2.68 bits per heavy atom. The average Bonchev–Trinajstić information content (AvgIpc) is 2.35. The van der Waals surface area contributed by atoms with E-state index in [4.69, 9.17) is 11.6 Å². The standard InChI is InChI=1S/C11H15ClN4O3/c1-11(2,10(17)13-3)6-14-9-7(16(18)19)4-5-8(12)15-9/h4-5H,6H2,1-3H3,(H,13,17)(H,14,15). The molecule has 1 aromatic heterocycles. The van der Waals surface area contributed by atoms with Gasteiger partial charge < -0.3 is 10.6 Å². The second-order valence-electron chi connectivity index (χ2n) is 4.58. The lowest BCUT2D eigenvalue weighted by molar-refractivity contribution is -0.384. The van der Waals surface area contributed by atoms with Gasteiger partial charge in [-0.05, 0) is 19.9 Å². The molecule has 104 valence electrons. The third-order valence-electron chi connectivity index (χ3n) is 2.58. The number of nitrogens with zero attached hydrogens (tertiary/aromatic N) is 2. The van der Waals surface area contributed by atoms with Crippen LogP contribution in [0.5, 0.6) is 0 Å². The normalized spacial score (nSPS) is 10.9. The lowest BCUT2D eigenvalue weighted by Crippen LogP contribution is -2.39. The van der Waals surface area contributed by atoms with Crippen LogP contribution < -0.4 is 10.6 Å². The van der Waals surface area contributed by atoms with Crippen LogP contribution in [0.1, 0.15) is 13.8 Å². The van der Waals surface area contributed by atoms with Crippen molar-refractivity contribution in [2.75, 3.05) is 18.9 Å². The van der Waals surface area contributed by atoms with Crippen molar-refractivity contribution in [1.29, 1.82) is 0 Å². The number of halogens is 1. The second kappa shape index (κ2) is 5.83. The van der Waals surface area contributed by atoms with Crippen molar-refractivity contribution >= 4 is 29.0 Å². The van der Waals surface area contributed by atoms with Gasteiger partial charge in [0.25, 0.3) is 0 Å². The highest BCUT2D eigenvalue weighted by Crippen LogP contribution is 2.25. The first kappa shape index (κ1) is 15.2. The minimum atomic E-state index is -0.730. The van der Waals surface area contributed by atoms with Gasteiger partial charge in [0.1, 0.15) is 5.15 Å². The minimum absolute atomic E-state index is 0.0504. The van der Waals surface area contributed by atoms with Gasteiger partial charge in [-0.3, -0.25) is 14.9 Å². The molecular formula is C11H15ClN4O3. The zero-order chi connectivity index (χ0) is 14.6. The highest BCUT2D eigenvalue weighted by atomic mass is 35.5. The van der Waals surface area contributed by atoms with Gasteiger partial charge in [0, 0.05) is 19.7 Å². The van der Waals surface area contributed by atoms with Crippen LogP contribution >= 0.6 is 11.6 Å². The molecule has 0 unspecified atom stereocenters. The Morgan fingerprint density at radius 2 is 2.16 bits per heavy atom. The smallest absolute Gasteiger partial charge is 0.311 e. The first-order valence-corrected chi connectivity index (χ1v) is 5.92. The van der Waals surface area contributed by atoms with Crippen LogP contribution in [0.2, 0.25) is 5.15 Å². The van der Waals surface area contributed by atoms with Gasteiger partial charge in [0.15, 0.2) is 0 Å². The fourth-order valence-corrected chi connectivity index (χ4v) is 1.58. The van der Waals surface area contributed by atoms with Crippen LogP contribution in [0.3, 0.4) is 0 Å². The summed E-state index contributed by atoms with van der Waals surface area (Å²) in [5, 5.41) is 16.3. The number of pyridine rings is 1. The van der Waals surface area contributed by atoms with Crippen LogP contribution in [0, 0.1) is 15.5 Å². The Kier molecular flexibility index (Phi) is 4.66. The van der Waals surface area contributed by atoms with Gasteiger partial charge in [-0.1, -0.05) is 11.6 Å². The van der Waals surface area contributed by atoms with Crippen LogP contribution in [-0.2, 0) is 4.79 Å². The Hall–Kier alpha value is -1.89. The Morgan fingerprint density at radius 1 is 1.53 bits per heavy atom. The highest BCUT2D eigenvalue weighted by molar-refractivity contribution is 6.29. The molecular weight excluding hydrogens is 272 g/mol. The molecule has 2 N–H and O–H groups in total. The number of nitro groups is 1. The van der Waals surface area contributed by atoms with E-state index < -0.39 is 10.3 Å². The summed E-state index contributed by atoms with van der Waals surface area (Å²) in [5.41, 5.74) is -0.913. The van der Waals surface area contributed by atoms with Crippen LogP contribution in [-0.4, -0.2) is 29.4 Å². The maximum atomic E-state index is 11.6. The monoisotopic (exact) mass is 286 g/mol. The van der Waals surface area contributed by atoms with E-state index in [2.05, 4.69) is 15.6 Å². The van der Waals surface area contributed by atoms with Crippen molar-refractivity contribution in [3.8, 4) is 0 Å². The molecule has 8 heteroatoms. The topological polar surface area (TPSA) is 97.2 Å². The molecule has 0 aliphatic rings. The van der Waals surface area contributed by atoms with Crippen LogP contribution in [0.4, 0.5) is 11.5 Å². The number of nitrogens with one attached hydrogen (secondary N) is 2. The van der Waals surface area contributed by atoms with Gasteiger partial charge in [-0.15, -0.1) is 0 Å². The van der Waals surface area contributed by atoms with Crippen LogP contribution in [0.15, 0.2) is 12.1 Å². The van der Waals surface area contributed by atoms with E-state index in [1.54, 1.807) is 13.8 Å². The number of anilines is 1. The van der Waals surface area contributed by atoms with Gasteiger partial charge in [0.05, 0.1) is 10.3 Å². The molecule has 0 bridgehead atoms. The molecule has 1 rings (SSSR count). The van der Waals surface area contributed by atoms with E-state index >= 15 is 0 Å². The van der Waals surface area contributed by atoms with E-state index in [0.717, 1.165) is 0 Å². The number of carbonyl (C=O) groups is 1. The molecule has 1 aromatic rings. The number of hydrogen-bond acceptors (Lipinski definition) is 5. The summed E-state index contributed by atoms with van der Waals surface area (Å²) in [7, 11) is 1.53. The Bertz CT molecular complexity index is 505. The van der Waals surface area contributed by atoms with E-state index in [-0.39, 0.29) is 29.1 Å². The highest BCUT2D eigenvalue weighted by Gasteiger charge is 2.27. The van der Waals surface area contributed by atoms with Crippen molar-refractivity contribution in [3.05, 3.63) is 27.4 Å². The summed E-state index contributed by atoms with van der Waals surface area (Å²) in [4.78, 5) is 25.8. The number of aromatic nitrogens is 1. The van der Waals surface area contributed by atoms with Crippen molar-refractivity contribution in [3.63, 3.8) is 0 Å². The maximum absolute atomic E-state index is 11.6. The minimum Gasteiger partial charge on any atom is -0.363 e. The number of hydrogen-bond donors (Lipinski definition) is 2. The first-order chi connectivity index (χ1) is 8.77. The van der Waals surface area contributed by atoms with Crippen molar-refractivity contribution in [2.24, 2.45) is 5.41 Å². The lowest BCUT2D eigenvalue weighted by atomic mass is 9.92. The van der Waals surface area contributed by atoms with E-state index in [1.165, 1.54) is 19.2 Å². The predicted molar refractivity (Wildman–Crippen MR) is 72.2 cm³/mol. The Balaban J connectivity index is 2.91. The molecule has 1 heterocycles. The molecule has 0 aliphatic heterocycles. The number of rotatable bonds is 5. The SMILES string of the molecule is CNC(=O)C(C)(C)CNc1nc(Cl)ccc1[N+](=O)[O-]. The van der Waals surface area contributed by atoms with E-state index in [0.29, 0.717) is 0 Å². The van der Waals surface area contributed by atoms with Gasteiger partial charge in [-0.25, -0.2) is 4.98 Å². The molecule has 0 saturated carbocycles. The molecule has 0 aromatic carbocycles. The fourth-order valence-electron chi connectivity index (χ4n) is 1.43. The lowest BCUT2D eigenvalue weighted by Gasteiger charge is -2.22. The summed E-state index contributed by atoms with van der Waals surface area (Å²) in [6, 6.07) is 2.61. The van der Waals surface area contributed by atoms with Gasteiger partial charge in [0.2, 0.25) is 11.7 Å². The largest absolute Gasteiger partial charge is 0.363 e. The molecule has 0 spiro atoms. The van der Waals surface area contributed by atoms with E-state index in [9.17, 15) is 14.9 Å². The zero-order valence-electron chi connectivity index (χ0n) is 10.9. The third kappa shape index (κ3) is 3.78. The summed E-state index contributed by atoms with van der Waals surface area (Å²) in [5.74, 6) is -0.126. The average molecular weight is 287 g/mol. The molecule has 0 radical (unpaired) electrons. The van der Waals surface area contributed by atoms with Gasteiger partial charge in [-0.2, -0.15) is 0 Å². The molecule has 0 saturated heterocycles. The molecule has 7 nitrogen and oxygen atoms in total. The van der Waals surface area contributed by atoms with Crippen molar-refractivity contribution in [2.45, 2.75) is 13.8 Å². The summed E-state index contributed by atoms with van der Waals surface area (Å²) in [6.07, 6.45) is 0. The number of carbonyl (C=O) groups excluding carboxylic acids is 1. The summed E-state index contributed by atoms with van der Waals surface area (Å²) < 4.78 is 0. The van der Waals surface area contributed by atoms with Crippen LogP contribution in [0.25, 0.3) is 0 Å². The molecule has 0 aliphatic carbocycles. The molecule has 0 fully saturated rings. The van der Waals surface area contributed by atoms with E-state index in [1.807, 2.05) is 0 Å². The number of amides is 1. The molecule has 1 amide bonds. The third-order valence-corrected chi connectivity index (χ3v) is 2.79. The van der Waals surface area contributed by atoms with Crippen molar-refractivity contribution < 1.29 is 9.72 Å². The zero-order valence-corrected chi connectivity index (χ0v) is 11.6. The first-order valence-electron chi connectivity index (χ1n) is 5.55. The maximum Gasteiger partial charge on any atom is 0.311 e. The summed E-state index contributed by atoms with van der Waals surface area (Å²) in [6.45, 7) is 3.63. The Labute approximate surface area is 115 Å².